The van der Waals surface area contributed by atoms with Gasteiger partial charge in [-0.1, -0.05) is 86.3 Å². The van der Waals surface area contributed by atoms with Crippen LogP contribution in [-0.2, 0) is 12.1 Å². The number of quaternary nitrogens is 1. The fourth-order valence-electron chi connectivity index (χ4n) is 5.63. The quantitative estimate of drug-likeness (QED) is 0.563. The summed E-state index contributed by atoms with van der Waals surface area (Å²) < 4.78 is 1.03. The molecule has 1 unspecified atom stereocenters. The topological polar surface area (TPSA) is 20.2 Å². The highest BCUT2D eigenvalue weighted by molar-refractivity contribution is 5.35. The van der Waals surface area contributed by atoms with Gasteiger partial charge in [0.25, 0.3) is 0 Å². The zero-order valence-electron chi connectivity index (χ0n) is 18.8. The van der Waals surface area contributed by atoms with Crippen molar-refractivity contribution in [1.29, 1.82) is 0 Å². The van der Waals surface area contributed by atoms with E-state index in [4.69, 9.17) is 0 Å². The lowest BCUT2D eigenvalue weighted by molar-refractivity contribution is -0.938. The van der Waals surface area contributed by atoms with E-state index in [-0.39, 0.29) is 17.8 Å². The molecule has 2 fully saturated rings. The third kappa shape index (κ3) is 5.17. The van der Waals surface area contributed by atoms with Crippen LogP contribution >= 0.6 is 0 Å². The Balaban J connectivity index is 0.00000272. The smallest absolute Gasteiger partial charge is 0.156 e. The van der Waals surface area contributed by atoms with Crippen LogP contribution in [0.2, 0.25) is 0 Å². The van der Waals surface area contributed by atoms with Gasteiger partial charge in [-0.2, -0.15) is 0 Å². The molecule has 2 aromatic carbocycles. The first kappa shape index (κ1) is 23.9. The molecule has 1 saturated heterocycles. The molecule has 0 amide bonds. The molecule has 166 valence electrons. The maximum absolute atomic E-state index is 12.0. The molecule has 1 N–H and O–H groups in total. The number of piperidine rings is 1. The Kier molecular flexibility index (Phi) is 7.87. The van der Waals surface area contributed by atoms with Gasteiger partial charge in [-0.3, -0.25) is 0 Å². The Morgan fingerprint density at radius 3 is 2.06 bits per heavy atom. The van der Waals surface area contributed by atoms with Gasteiger partial charge >= 0.3 is 0 Å². The zero-order chi connectivity index (χ0) is 20.9. The molecule has 1 saturated carbocycles. The Morgan fingerprint density at radius 1 is 0.871 bits per heavy atom. The van der Waals surface area contributed by atoms with Gasteiger partial charge < -0.3 is 22.0 Å². The predicted molar refractivity (Wildman–Crippen MR) is 124 cm³/mol. The number of benzene rings is 2. The summed E-state index contributed by atoms with van der Waals surface area (Å²) in [5, 5.41) is 12.0. The summed E-state index contributed by atoms with van der Waals surface area (Å²) in [5.41, 5.74) is 1.10. The molecule has 1 aliphatic heterocycles. The van der Waals surface area contributed by atoms with E-state index in [1.807, 2.05) is 30.3 Å². The maximum atomic E-state index is 12.0. The molecule has 2 nitrogen and oxygen atoms in total. The van der Waals surface area contributed by atoms with E-state index in [1.54, 1.807) is 0 Å². The van der Waals surface area contributed by atoms with Crippen molar-refractivity contribution in [2.75, 3.05) is 19.6 Å². The van der Waals surface area contributed by atoms with Crippen LogP contribution in [-0.4, -0.2) is 29.2 Å². The van der Waals surface area contributed by atoms with E-state index in [0.29, 0.717) is 0 Å². The minimum absolute atomic E-state index is 0. The average Bonchev–Trinajstić information content (AvgIpc) is 3.24. The van der Waals surface area contributed by atoms with Crippen molar-refractivity contribution >= 4 is 0 Å². The van der Waals surface area contributed by atoms with Crippen molar-refractivity contribution in [3.05, 3.63) is 71.8 Å². The number of nitrogens with zero attached hydrogens (tertiary/aromatic N) is 1. The summed E-state index contributed by atoms with van der Waals surface area (Å²) in [4.78, 5) is 0. The van der Waals surface area contributed by atoms with Gasteiger partial charge in [-0.25, -0.2) is 0 Å². The SMILES string of the molecule is CC1(C(O)(C#CC[N+]2(Cc3ccccc3)CCCCC2)c2ccccc2)CCCC1.[Cl-]. The first-order chi connectivity index (χ1) is 14.6. The van der Waals surface area contributed by atoms with E-state index in [0.717, 1.165) is 36.0 Å². The molecule has 1 atom stereocenters. The largest absolute Gasteiger partial charge is 1.00 e. The number of hydrogen-bond acceptors (Lipinski definition) is 1. The van der Waals surface area contributed by atoms with Gasteiger partial charge in [-0.15, -0.1) is 0 Å². The Labute approximate surface area is 194 Å². The van der Waals surface area contributed by atoms with E-state index < -0.39 is 5.60 Å². The first-order valence-corrected chi connectivity index (χ1v) is 11.7. The van der Waals surface area contributed by atoms with Crippen LogP contribution in [0, 0.1) is 17.3 Å². The minimum atomic E-state index is -1.07. The molecule has 2 aliphatic rings. The monoisotopic (exact) mass is 437 g/mol. The number of rotatable bonds is 5. The summed E-state index contributed by atoms with van der Waals surface area (Å²) >= 11 is 0. The molecule has 0 radical (unpaired) electrons. The van der Waals surface area contributed by atoms with Gasteiger partial charge in [0.1, 0.15) is 13.1 Å². The Morgan fingerprint density at radius 2 is 1.45 bits per heavy atom. The molecular weight excluding hydrogens is 402 g/mol. The molecule has 31 heavy (non-hydrogen) atoms. The van der Waals surface area contributed by atoms with Crippen molar-refractivity contribution in [3.63, 3.8) is 0 Å². The highest BCUT2D eigenvalue weighted by Crippen LogP contribution is 2.50. The van der Waals surface area contributed by atoms with Crippen LogP contribution in [0.25, 0.3) is 0 Å². The Hall–Kier alpha value is -1.79. The first-order valence-electron chi connectivity index (χ1n) is 11.7. The summed E-state index contributed by atoms with van der Waals surface area (Å²) in [6.07, 6.45) is 8.31. The third-order valence-corrected chi connectivity index (χ3v) is 7.58. The molecule has 2 aromatic rings. The molecule has 0 aromatic heterocycles. The van der Waals surface area contributed by atoms with Gasteiger partial charge in [0.2, 0.25) is 0 Å². The van der Waals surface area contributed by atoms with Crippen molar-refractivity contribution in [2.24, 2.45) is 5.41 Å². The molecule has 3 heteroatoms. The summed E-state index contributed by atoms with van der Waals surface area (Å²) in [7, 11) is 0. The van der Waals surface area contributed by atoms with Crippen LogP contribution in [0.3, 0.4) is 0 Å². The lowest BCUT2D eigenvalue weighted by Gasteiger charge is -2.41. The van der Waals surface area contributed by atoms with E-state index in [2.05, 4.69) is 49.1 Å². The molecule has 0 bridgehead atoms. The standard InChI is InChI=1S/C28H36NO.ClH/c1-27(18-9-10-19-27)28(30,26-16-7-3-8-17-26)20-13-23-29(21-11-4-12-22-29)24-25-14-5-2-6-15-25;/h2-3,5-8,14-17,30H,4,9-12,18-19,21-24H2,1H3;1H/q+1;/p-1. The third-order valence-electron chi connectivity index (χ3n) is 7.58. The molecule has 0 spiro atoms. The second kappa shape index (κ2) is 10.2. The van der Waals surface area contributed by atoms with Gasteiger partial charge in [0.15, 0.2) is 5.60 Å². The normalized spacial score (nSPS) is 21.2. The van der Waals surface area contributed by atoms with Crippen molar-refractivity contribution in [1.82, 2.24) is 0 Å². The van der Waals surface area contributed by atoms with E-state index >= 15 is 0 Å². The van der Waals surface area contributed by atoms with Crippen LogP contribution < -0.4 is 12.4 Å². The summed E-state index contributed by atoms with van der Waals surface area (Å²) in [6, 6.07) is 21.0. The van der Waals surface area contributed by atoms with Crippen LogP contribution in [0.1, 0.15) is 63.0 Å². The van der Waals surface area contributed by atoms with Crippen LogP contribution in [0.4, 0.5) is 0 Å². The fourth-order valence-corrected chi connectivity index (χ4v) is 5.63. The minimum Gasteiger partial charge on any atom is -1.00 e. The van der Waals surface area contributed by atoms with E-state index in [9.17, 15) is 5.11 Å². The Bertz CT molecular complexity index is 873. The van der Waals surface area contributed by atoms with Crippen LogP contribution in [0.15, 0.2) is 60.7 Å². The zero-order valence-corrected chi connectivity index (χ0v) is 19.6. The number of aliphatic hydroxyl groups is 1. The molecule has 1 aliphatic carbocycles. The van der Waals surface area contributed by atoms with Gasteiger partial charge in [0.05, 0.1) is 13.1 Å². The lowest BCUT2D eigenvalue weighted by atomic mass is 9.68. The molecular formula is C28H36ClNO. The number of hydrogen-bond donors (Lipinski definition) is 1. The van der Waals surface area contributed by atoms with Crippen molar-refractivity contribution in [3.8, 4) is 11.8 Å². The number of likely N-dealkylation sites (tertiary alicyclic amines) is 1. The highest BCUT2D eigenvalue weighted by Gasteiger charge is 2.48. The fraction of sp³-hybridized carbons (Fsp3) is 0.500. The number of halogens is 1. The summed E-state index contributed by atoms with van der Waals surface area (Å²) in [5.74, 6) is 6.97. The van der Waals surface area contributed by atoms with Gasteiger partial charge in [0, 0.05) is 11.0 Å². The van der Waals surface area contributed by atoms with Crippen LogP contribution in [0.5, 0.6) is 0 Å². The molecule has 4 rings (SSSR count). The summed E-state index contributed by atoms with van der Waals surface area (Å²) in [6.45, 7) is 6.46. The van der Waals surface area contributed by atoms with Gasteiger partial charge in [-0.05, 0) is 43.6 Å². The lowest BCUT2D eigenvalue weighted by Crippen LogP contribution is -3.00. The maximum Gasteiger partial charge on any atom is 0.156 e. The van der Waals surface area contributed by atoms with Crippen molar-refractivity contribution < 1.29 is 22.0 Å². The highest BCUT2D eigenvalue weighted by atomic mass is 35.5. The second-order valence-corrected chi connectivity index (χ2v) is 9.80. The molecule has 1 heterocycles. The van der Waals surface area contributed by atoms with Crippen molar-refractivity contribution in [2.45, 2.75) is 64.0 Å². The predicted octanol–water partition coefficient (Wildman–Crippen LogP) is 2.66. The average molecular weight is 438 g/mol. The van der Waals surface area contributed by atoms with E-state index in [1.165, 1.54) is 50.8 Å². The second-order valence-electron chi connectivity index (χ2n) is 9.80.